The summed E-state index contributed by atoms with van der Waals surface area (Å²) in [6.45, 7) is 2.17. The number of phenolic OH excluding ortho intramolecular Hbond substituents is 1. The fourth-order valence-electron chi connectivity index (χ4n) is 4.92. The summed E-state index contributed by atoms with van der Waals surface area (Å²) < 4.78 is 0. The summed E-state index contributed by atoms with van der Waals surface area (Å²) in [6, 6.07) is 12.3. The molecule has 160 valence electrons. The molecule has 6 rings (SSSR count). The van der Waals surface area contributed by atoms with Gasteiger partial charge in [-0.1, -0.05) is 30.3 Å². The highest BCUT2D eigenvalue weighted by atomic mass is 32.1. The number of thiophene rings is 1. The number of aromatic hydroxyl groups is 1. The van der Waals surface area contributed by atoms with Crippen molar-refractivity contribution < 1.29 is 5.11 Å². The van der Waals surface area contributed by atoms with E-state index in [2.05, 4.69) is 49.0 Å². The molecule has 0 radical (unpaired) electrons. The summed E-state index contributed by atoms with van der Waals surface area (Å²) in [5.74, 6) is 1.02. The van der Waals surface area contributed by atoms with Gasteiger partial charge in [0, 0.05) is 40.8 Å². The normalized spacial score (nSPS) is 15.3. The van der Waals surface area contributed by atoms with Crippen molar-refractivity contribution in [2.24, 2.45) is 5.10 Å². The Hall–Kier alpha value is -3.45. The molecule has 4 aromatic rings. The number of phenols is 1. The predicted octanol–water partition coefficient (Wildman–Crippen LogP) is 5.21. The van der Waals surface area contributed by atoms with E-state index in [1.54, 1.807) is 23.9 Å². The van der Waals surface area contributed by atoms with E-state index in [-0.39, 0.29) is 0 Å². The predicted molar refractivity (Wildman–Crippen MR) is 131 cm³/mol. The number of aromatic nitrogens is 2. The first kappa shape index (κ1) is 19.3. The second kappa shape index (κ2) is 7.91. The van der Waals surface area contributed by atoms with E-state index in [0.717, 1.165) is 71.2 Å². The lowest BCUT2D eigenvalue weighted by molar-refractivity contribution is 0.461. The molecule has 4 heterocycles. The molecule has 2 aliphatic rings. The molecule has 0 unspecified atom stereocenters. The molecule has 0 fully saturated rings. The Kier molecular flexibility index (Phi) is 4.76. The van der Waals surface area contributed by atoms with Crippen molar-refractivity contribution in [3.8, 4) is 16.9 Å². The molecule has 2 aromatic heterocycles. The number of anilines is 2. The molecule has 2 aromatic carbocycles. The Morgan fingerprint density at radius 1 is 1.09 bits per heavy atom. The lowest BCUT2D eigenvalue weighted by Crippen LogP contribution is -2.34. The summed E-state index contributed by atoms with van der Waals surface area (Å²) in [5, 5.41) is 18.5. The summed E-state index contributed by atoms with van der Waals surface area (Å²) in [7, 11) is 0. The van der Waals surface area contributed by atoms with Gasteiger partial charge in [-0.05, 0) is 42.9 Å². The van der Waals surface area contributed by atoms with E-state index in [4.69, 9.17) is 0 Å². The van der Waals surface area contributed by atoms with Crippen LogP contribution in [0.5, 0.6) is 5.75 Å². The first-order valence-electron chi connectivity index (χ1n) is 11.0. The second-order valence-electron chi connectivity index (χ2n) is 8.28. The van der Waals surface area contributed by atoms with Gasteiger partial charge in [0.25, 0.3) is 0 Å². The minimum Gasteiger partial charge on any atom is -0.507 e. The number of nitrogens with zero attached hydrogens (tertiary/aromatic N) is 4. The van der Waals surface area contributed by atoms with Gasteiger partial charge in [0.2, 0.25) is 0 Å². The molecular formula is C25H23N5OS. The third kappa shape index (κ3) is 3.20. The fraction of sp³-hybridized carbons (Fsp3) is 0.240. The van der Waals surface area contributed by atoms with E-state index in [9.17, 15) is 5.11 Å². The molecule has 0 saturated carbocycles. The van der Waals surface area contributed by atoms with Crippen LogP contribution in [0.2, 0.25) is 0 Å². The second-order valence-corrected chi connectivity index (χ2v) is 9.14. The molecular weight excluding hydrogens is 418 g/mol. The van der Waals surface area contributed by atoms with Crippen LogP contribution in [0.25, 0.3) is 21.3 Å². The van der Waals surface area contributed by atoms with E-state index in [1.165, 1.54) is 11.3 Å². The average Bonchev–Trinajstić information content (AvgIpc) is 3.28. The van der Waals surface area contributed by atoms with Crippen molar-refractivity contribution in [3.63, 3.8) is 0 Å². The van der Waals surface area contributed by atoms with Gasteiger partial charge in [-0.25, -0.2) is 9.97 Å². The molecule has 32 heavy (non-hydrogen) atoms. The number of benzene rings is 2. The van der Waals surface area contributed by atoms with E-state index in [1.807, 2.05) is 18.2 Å². The third-order valence-corrected chi connectivity index (χ3v) is 7.24. The van der Waals surface area contributed by atoms with Crippen LogP contribution in [-0.4, -0.2) is 34.4 Å². The lowest BCUT2D eigenvalue weighted by Gasteiger charge is -2.37. The maximum atomic E-state index is 11.0. The molecule has 0 amide bonds. The van der Waals surface area contributed by atoms with Crippen LogP contribution in [0.3, 0.4) is 0 Å². The van der Waals surface area contributed by atoms with Gasteiger partial charge in [-0.15, -0.1) is 11.3 Å². The van der Waals surface area contributed by atoms with Crippen molar-refractivity contribution in [3.05, 3.63) is 64.8 Å². The molecule has 7 heteroatoms. The number of hydrogen-bond acceptors (Lipinski definition) is 7. The largest absolute Gasteiger partial charge is 0.507 e. The zero-order chi connectivity index (χ0) is 21.5. The Labute approximate surface area is 190 Å². The van der Waals surface area contributed by atoms with Gasteiger partial charge in [-0.2, -0.15) is 5.10 Å². The van der Waals surface area contributed by atoms with Crippen LogP contribution in [0.15, 0.2) is 53.2 Å². The monoisotopic (exact) mass is 441 g/mol. The molecule has 0 aliphatic carbocycles. The number of aryl methyl sites for hydroxylation is 1. The first-order valence-corrected chi connectivity index (χ1v) is 11.9. The third-order valence-electron chi connectivity index (χ3n) is 6.35. The van der Waals surface area contributed by atoms with Gasteiger partial charge >= 0.3 is 0 Å². The topological polar surface area (TPSA) is 73.6 Å². The number of nitrogens with one attached hydrogen (secondary N) is 1. The van der Waals surface area contributed by atoms with Crippen molar-refractivity contribution in [1.29, 1.82) is 0 Å². The van der Waals surface area contributed by atoms with Crippen molar-refractivity contribution in [2.75, 3.05) is 23.4 Å². The van der Waals surface area contributed by atoms with E-state index < -0.39 is 0 Å². The standard InChI is InChI=1S/C25H23N5OS/c31-23-18(12-17-8-4-10-30-11-5-9-19(23)22(17)30)13-28-29-24-21-20(16-6-2-1-3-7-16)14-32-25(21)27-15-26-24/h1-3,6-7,12-15,31H,4-5,8-11H2,(H,26,27,29)/b28-13+. The summed E-state index contributed by atoms with van der Waals surface area (Å²) in [5.41, 5.74) is 9.72. The Bertz CT molecular complexity index is 1330. The first-order chi connectivity index (χ1) is 15.8. The van der Waals surface area contributed by atoms with Gasteiger partial charge in [-0.3, -0.25) is 5.43 Å². The molecule has 0 spiro atoms. The molecule has 6 nitrogen and oxygen atoms in total. The maximum Gasteiger partial charge on any atom is 0.159 e. The molecule has 0 saturated heterocycles. The number of rotatable bonds is 4. The Balaban J connectivity index is 1.35. The van der Waals surface area contributed by atoms with Crippen LogP contribution in [0.4, 0.5) is 11.5 Å². The quantitative estimate of drug-likeness (QED) is 0.336. The molecule has 0 bridgehead atoms. The van der Waals surface area contributed by atoms with E-state index >= 15 is 0 Å². The minimum atomic E-state index is 0.356. The van der Waals surface area contributed by atoms with Gasteiger partial charge in [0.1, 0.15) is 16.9 Å². The number of fused-ring (bicyclic) bond motifs is 1. The van der Waals surface area contributed by atoms with Crippen LogP contribution in [0.1, 0.15) is 29.5 Å². The highest BCUT2D eigenvalue weighted by Gasteiger charge is 2.27. The van der Waals surface area contributed by atoms with Crippen molar-refractivity contribution >= 4 is 39.3 Å². The summed E-state index contributed by atoms with van der Waals surface area (Å²) in [4.78, 5) is 12.2. The van der Waals surface area contributed by atoms with Crippen LogP contribution in [0, 0.1) is 0 Å². The summed E-state index contributed by atoms with van der Waals surface area (Å²) in [6.07, 6.45) is 7.48. The lowest BCUT2D eigenvalue weighted by atomic mass is 9.89. The van der Waals surface area contributed by atoms with Gasteiger partial charge in [0.15, 0.2) is 5.82 Å². The fourth-order valence-corrected chi connectivity index (χ4v) is 5.84. The molecule has 2 N–H and O–H groups in total. The highest BCUT2D eigenvalue weighted by Crippen LogP contribution is 2.41. The van der Waals surface area contributed by atoms with Crippen LogP contribution < -0.4 is 10.3 Å². The van der Waals surface area contributed by atoms with Crippen LogP contribution in [-0.2, 0) is 12.8 Å². The molecule has 2 aliphatic heterocycles. The zero-order valence-corrected chi connectivity index (χ0v) is 18.4. The van der Waals surface area contributed by atoms with E-state index in [0.29, 0.717) is 11.6 Å². The highest BCUT2D eigenvalue weighted by molar-refractivity contribution is 7.17. The van der Waals surface area contributed by atoms with Gasteiger partial charge in [0.05, 0.1) is 11.6 Å². The van der Waals surface area contributed by atoms with Crippen LogP contribution >= 0.6 is 11.3 Å². The summed E-state index contributed by atoms with van der Waals surface area (Å²) >= 11 is 1.59. The Morgan fingerprint density at radius 3 is 2.81 bits per heavy atom. The Morgan fingerprint density at radius 2 is 1.94 bits per heavy atom. The van der Waals surface area contributed by atoms with Crippen molar-refractivity contribution in [1.82, 2.24) is 9.97 Å². The minimum absolute atomic E-state index is 0.356. The SMILES string of the molecule is Oc1c(/C=N/Nc2ncnc3scc(-c4ccccc4)c23)cc2c3c1CCCN3CCC2. The van der Waals surface area contributed by atoms with Gasteiger partial charge < -0.3 is 10.0 Å². The maximum absolute atomic E-state index is 11.0. The number of hydrazone groups is 1. The average molecular weight is 442 g/mol. The smallest absolute Gasteiger partial charge is 0.159 e. The zero-order valence-electron chi connectivity index (χ0n) is 17.6. The molecule has 0 atom stereocenters. The number of hydrogen-bond donors (Lipinski definition) is 2. The van der Waals surface area contributed by atoms with Crippen molar-refractivity contribution in [2.45, 2.75) is 25.7 Å².